The van der Waals surface area contributed by atoms with Crippen LogP contribution in [-0.2, 0) is 4.79 Å². The first-order valence-electron chi connectivity index (χ1n) is 6.76. The number of nitrogens with one attached hydrogen (secondary N) is 2. The summed E-state index contributed by atoms with van der Waals surface area (Å²) >= 11 is 0. The maximum absolute atomic E-state index is 12.4. The van der Waals surface area contributed by atoms with E-state index < -0.39 is 11.1 Å². The van der Waals surface area contributed by atoms with Gasteiger partial charge in [-0.15, -0.1) is 0 Å². The van der Waals surface area contributed by atoms with Crippen molar-refractivity contribution in [2.24, 2.45) is 0 Å². The maximum Gasteiger partial charge on any atom is 0.240 e. The first kappa shape index (κ1) is 14.5. The van der Waals surface area contributed by atoms with Crippen molar-refractivity contribution in [1.82, 2.24) is 10.6 Å². The Balaban J connectivity index is 2.75. The van der Waals surface area contributed by atoms with Gasteiger partial charge in [0.2, 0.25) is 5.91 Å². The van der Waals surface area contributed by atoms with E-state index in [1.165, 1.54) is 0 Å². The van der Waals surface area contributed by atoms with Crippen molar-refractivity contribution in [3.05, 3.63) is 0 Å². The average molecular weight is 242 g/mol. The van der Waals surface area contributed by atoms with E-state index in [1.807, 2.05) is 20.8 Å². The topological polar surface area (TPSA) is 61.4 Å². The average Bonchev–Trinajstić information content (AvgIpc) is 2.86. The molecule has 3 N–H and O–H groups in total. The summed E-state index contributed by atoms with van der Waals surface area (Å²) in [6, 6.07) is 0. The molecule has 100 valence electrons. The van der Waals surface area contributed by atoms with Crippen molar-refractivity contribution in [3.8, 4) is 0 Å². The Morgan fingerprint density at radius 2 is 2.06 bits per heavy atom. The first-order valence-corrected chi connectivity index (χ1v) is 6.76. The molecule has 4 nitrogen and oxygen atoms in total. The highest BCUT2D eigenvalue weighted by atomic mass is 16.3. The van der Waals surface area contributed by atoms with Crippen molar-refractivity contribution >= 4 is 5.91 Å². The summed E-state index contributed by atoms with van der Waals surface area (Å²) in [5.74, 6) is 0.0512. The van der Waals surface area contributed by atoms with E-state index in [-0.39, 0.29) is 12.5 Å². The molecule has 1 unspecified atom stereocenters. The second-order valence-electron chi connectivity index (χ2n) is 5.07. The van der Waals surface area contributed by atoms with Crippen LogP contribution in [0, 0.1) is 0 Å². The van der Waals surface area contributed by atoms with Gasteiger partial charge in [-0.2, -0.15) is 0 Å². The van der Waals surface area contributed by atoms with Crippen LogP contribution in [0.4, 0.5) is 0 Å². The second-order valence-corrected chi connectivity index (χ2v) is 5.07. The van der Waals surface area contributed by atoms with E-state index >= 15 is 0 Å². The summed E-state index contributed by atoms with van der Waals surface area (Å²) in [5, 5.41) is 15.9. The van der Waals surface area contributed by atoms with Crippen LogP contribution in [0.1, 0.15) is 52.9 Å². The summed E-state index contributed by atoms with van der Waals surface area (Å²) in [6.07, 6.45) is 4.25. The number of aliphatic hydroxyl groups excluding tert-OH is 1. The Hall–Kier alpha value is -0.610. The number of rotatable bonds is 6. The highest BCUT2D eigenvalue weighted by molar-refractivity contribution is 5.87. The lowest BCUT2D eigenvalue weighted by Gasteiger charge is -2.36. The first-order chi connectivity index (χ1) is 8.08. The molecule has 17 heavy (non-hydrogen) atoms. The minimum absolute atomic E-state index is 0.00549. The number of hydrogen-bond acceptors (Lipinski definition) is 3. The summed E-state index contributed by atoms with van der Waals surface area (Å²) in [4.78, 5) is 12.4. The number of carbonyl (C=O) groups excluding carboxylic acids is 1. The molecule has 1 amide bonds. The maximum atomic E-state index is 12.4. The highest BCUT2D eigenvalue weighted by Gasteiger charge is 2.42. The van der Waals surface area contributed by atoms with Gasteiger partial charge in [0.25, 0.3) is 0 Å². The summed E-state index contributed by atoms with van der Waals surface area (Å²) in [6.45, 7) is 6.95. The third kappa shape index (κ3) is 2.80. The monoisotopic (exact) mass is 242 g/mol. The Morgan fingerprint density at radius 3 is 2.41 bits per heavy atom. The van der Waals surface area contributed by atoms with E-state index in [4.69, 9.17) is 0 Å². The minimum Gasteiger partial charge on any atom is -0.394 e. The summed E-state index contributed by atoms with van der Waals surface area (Å²) in [7, 11) is 0. The van der Waals surface area contributed by atoms with Crippen LogP contribution < -0.4 is 10.6 Å². The van der Waals surface area contributed by atoms with Gasteiger partial charge in [0.05, 0.1) is 17.7 Å². The molecule has 0 aromatic carbocycles. The molecule has 1 heterocycles. The quantitative estimate of drug-likeness (QED) is 0.655. The lowest BCUT2D eigenvalue weighted by molar-refractivity contribution is -0.130. The minimum atomic E-state index is -0.455. The van der Waals surface area contributed by atoms with Gasteiger partial charge in [0.15, 0.2) is 0 Å². The fourth-order valence-electron chi connectivity index (χ4n) is 2.51. The van der Waals surface area contributed by atoms with E-state index in [0.29, 0.717) is 0 Å². The van der Waals surface area contributed by atoms with Gasteiger partial charge in [-0.25, -0.2) is 0 Å². The van der Waals surface area contributed by atoms with Crippen molar-refractivity contribution in [2.75, 3.05) is 13.2 Å². The summed E-state index contributed by atoms with van der Waals surface area (Å²) in [5.41, 5.74) is -0.867. The van der Waals surface area contributed by atoms with E-state index in [9.17, 15) is 9.90 Å². The van der Waals surface area contributed by atoms with E-state index in [1.54, 1.807) is 0 Å². The van der Waals surface area contributed by atoms with Crippen LogP contribution >= 0.6 is 0 Å². The van der Waals surface area contributed by atoms with Crippen molar-refractivity contribution < 1.29 is 9.90 Å². The number of carbonyl (C=O) groups is 1. The number of aliphatic hydroxyl groups is 1. The van der Waals surface area contributed by atoms with E-state index in [2.05, 4.69) is 10.6 Å². The SMILES string of the molecule is CCC(CC)(CO)NC(=O)C1(CC)CCCN1. The summed E-state index contributed by atoms with van der Waals surface area (Å²) < 4.78 is 0. The Bertz CT molecular complexity index is 248. The molecule has 0 spiro atoms. The second kappa shape index (κ2) is 5.83. The molecule has 0 saturated carbocycles. The molecule has 1 aliphatic rings. The highest BCUT2D eigenvalue weighted by Crippen LogP contribution is 2.25. The molecule has 1 aliphatic heterocycles. The number of amides is 1. The predicted octanol–water partition coefficient (Wildman–Crippen LogP) is 1.19. The molecule has 0 aromatic rings. The van der Waals surface area contributed by atoms with Crippen molar-refractivity contribution in [2.45, 2.75) is 64.0 Å². The van der Waals surface area contributed by atoms with Gasteiger partial charge in [-0.1, -0.05) is 20.8 Å². The van der Waals surface area contributed by atoms with Crippen LogP contribution in [0.3, 0.4) is 0 Å². The molecular weight excluding hydrogens is 216 g/mol. The van der Waals surface area contributed by atoms with Crippen LogP contribution in [0.5, 0.6) is 0 Å². The van der Waals surface area contributed by atoms with Gasteiger partial charge < -0.3 is 15.7 Å². The molecule has 0 aromatic heterocycles. The Kier molecular flexibility index (Phi) is 4.95. The lowest BCUT2D eigenvalue weighted by atomic mass is 9.88. The smallest absolute Gasteiger partial charge is 0.240 e. The molecule has 4 heteroatoms. The van der Waals surface area contributed by atoms with Crippen LogP contribution in [0.2, 0.25) is 0 Å². The molecule has 0 radical (unpaired) electrons. The van der Waals surface area contributed by atoms with Crippen molar-refractivity contribution in [1.29, 1.82) is 0 Å². The van der Waals surface area contributed by atoms with Gasteiger partial charge in [-0.3, -0.25) is 4.79 Å². The lowest BCUT2D eigenvalue weighted by Crippen LogP contribution is -2.60. The molecule has 0 aliphatic carbocycles. The fourth-order valence-corrected chi connectivity index (χ4v) is 2.51. The van der Waals surface area contributed by atoms with Crippen LogP contribution in [0.25, 0.3) is 0 Å². The zero-order chi connectivity index (χ0) is 12.9. The molecular formula is C13H26N2O2. The van der Waals surface area contributed by atoms with Gasteiger partial charge in [0.1, 0.15) is 0 Å². The van der Waals surface area contributed by atoms with Gasteiger partial charge in [-0.05, 0) is 38.6 Å². The van der Waals surface area contributed by atoms with Crippen molar-refractivity contribution in [3.63, 3.8) is 0 Å². The van der Waals surface area contributed by atoms with Gasteiger partial charge in [0, 0.05) is 0 Å². The van der Waals surface area contributed by atoms with Crippen LogP contribution in [0.15, 0.2) is 0 Å². The zero-order valence-electron chi connectivity index (χ0n) is 11.3. The molecule has 1 rings (SSSR count). The largest absolute Gasteiger partial charge is 0.394 e. The normalized spacial score (nSPS) is 24.9. The molecule has 1 fully saturated rings. The molecule has 0 bridgehead atoms. The third-order valence-electron chi connectivity index (χ3n) is 4.32. The third-order valence-corrected chi connectivity index (χ3v) is 4.32. The predicted molar refractivity (Wildman–Crippen MR) is 68.8 cm³/mol. The Morgan fingerprint density at radius 1 is 1.41 bits per heavy atom. The molecule has 1 saturated heterocycles. The Labute approximate surface area is 104 Å². The zero-order valence-corrected chi connectivity index (χ0v) is 11.3. The van der Waals surface area contributed by atoms with Gasteiger partial charge >= 0.3 is 0 Å². The van der Waals surface area contributed by atoms with E-state index in [0.717, 1.165) is 38.6 Å². The molecule has 1 atom stereocenters. The van der Waals surface area contributed by atoms with Crippen LogP contribution in [-0.4, -0.2) is 35.2 Å². The standard InChI is InChI=1S/C13H26N2O2/c1-4-12(5-2,10-16)15-11(17)13(6-3)8-7-9-14-13/h14,16H,4-10H2,1-3H3,(H,15,17). The fraction of sp³-hybridized carbons (Fsp3) is 0.923. The number of hydrogen-bond donors (Lipinski definition) is 3.